The van der Waals surface area contributed by atoms with E-state index in [9.17, 15) is 4.79 Å². The van der Waals surface area contributed by atoms with Crippen molar-refractivity contribution >= 4 is 5.91 Å². The van der Waals surface area contributed by atoms with Crippen LogP contribution in [0.15, 0.2) is 43.1 Å². The Bertz CT molecular complexity index is 606. The van der Waals surface area contributed by atoms with Crippen LogP contribution >= 0.6 is 0 Å². The molecule has 0 aliphatic carbocycles. The van der Waals surface area contributed by atoms with Crippen molar-refractivity contribution in [2.75, 3.05) is 19.8 Å². The zero-order valence-electron chi connectivity index (χ0n) is 12.3. The van der Waals surface area contributed by atoms with Gasteiger partial charge in [0.15, 0.2) is 0 Å². The largest absolute Gasteiger partial charge is 0.377 e. The van der Waals surface area contributed by atoms with E-state index in [1.54, 1.807) is 43.1 Å². The fourth-order valence-electron chi connectivity index (χ4n) is 2.60. The molecule has 0 N–H and O–H groups in total. The Morgan fingerprint density at radius 1 is 1.23 bits per heavy atom. The Kier molecular flexibility index (Phi) is 4.70. The summed E-state index contributed by atoms with van der Waals surface area (Å²) >= 11 is 0. The van der Waals surface area contributed by atoms with Crippen LogP contribution < -0.4 is 0 Å². The number of morpholine rings is 1. The number of aryl methyl sites for hydroxylation is 1. The average Bonchev–Trinajstić information content (AvgIpc) is 2.61. The molecule has 3 rings (SSSR count). The lowest BCUT2D eigenvalue weighted by Crippen LogP contribution is -2.48. The van der Waals surface area contributed by atoms with Crippen LogP contribution in [0.2, 0.25) is 0 Å². The van der Waals surface area contributed by atoms with Gasteiger partial charge in [0.05, 0.1) is 24.9 Å². The normalized spacial score (nSPS) is 18.2. The summed E-state index contributed by atoms with van der Waals surface area (Å²) in [4.78, 5) is 26.8. The van der Waals surface area contributed by atoms with Crippen molar-refractivity contribution in [3.8, 4) is 0 Å². The van der Waals surface area contributed by atoms with E-state index < -0.39 is 0 Å². The van der Waals surface area contributed by atoms with Crippen LogP contribution in [0.3, 0.4) is 0 Å². The van der Waals surface area contributed by atoms with Gasteiger partial charge in [-0.1, -0.05) is 0 Å². The minimum absolute atomic E-state index is 0.0369. The maximum Gasteiger partial charge on any atom is 0.254 e. The summed E-state index contributed by atoms with van der Waals surface area (Å²) < 4.78 is 5.54. The van der Waals surface area contributed by atoms with E-state index in [1.165, 1.54) is 0 Å². The monoisotopic (exact) mass is 298 g/mol. The molecule has 0 aromatic carbocycles. The van der Waals surface area contributed by atoms with Crippen molar-refractivity contribution in [2.45, 2.75) is 18.9 Å². The van der Waals surface area contributed by atoms with Gasteiger partial charge in [-0.05, 0) is 25.0 Å². The van der Waals surface area contributed by atoms with E-state index in [2.05, 4.69) is 15.0 Å². The maximum atomic E-state index is 12.6. The Labute approximate surface area is 129 Å². The van der Waals surface area contributed by atoms with Crippen LogP contribution in [0, 0.1) is 0 Å². The Morgan fingerprint density at radius 3 is 2.86 bits per heavy atom. The number of ether oxygens (including phenoxy) is 1. The van der Waals surface area contributed by atoms with Gasteiger partial charge in [0.2, 0.25) is 0 Å². The first-order valence-electron chi connectivity index (χ1n) is 7.38. The predicted molar refractivity (Wildman–Crippen MR) is 80.2 cm³/mol. The van der Waals surface area contributed by atoms with E-state index in [1.807, 2.05) is 4.90 Å². The summed E-state index contributed by atoms with van der Waals surface area (Å²) in [5.41, 5.74) is 1.60. The highest BCUT2D eigenvalue weighted by Crippen LogP contribution is 2.16. The summed E-state index contributed by atoms with van der Waals surface area (Å²) in [6.07, 6.45) is 9.99. The molecule has 6 nitrogen and oxygen atoms in total. The van der Waals surface area contributed by atoms with E-state index in [0.717, 1.165) is 18.5 Å². The average molecular weight is 298 g/mol. The molecule has 1 fully saturated rings. The first-order chi connectivity index (χ1) is 10.8. The van der Waals surface area contributed by atoms with Gasteiger partial charge in [0, 0.05) is 43.1 Å². The maximum absolute atomic E-state index is 12.6. The molecule has 2 aromatic heterocycles. The molecule has 0 bridgehead atoms. The molecule has 0 radical (unpaired) electrons. The number of hydrogen-bond donors (Lipinski definition) is 0. The first kappa shape index (κ1) is 14.6. The highest BCUT2D eigenvalue weighted by atomic mass is 16.5. The van der Waals surface area contributed by atoms with Gasteiger partial charge in [-0.3, -0.25) is 19.7 Å². The second-order valence-corrected chi connectivity index (χ2v) is 5.20. The quantitative estimate of drug-likeness (QED) is 0.852. The fraction of sp³-hybridized carbons (Fsp3) is 0.375. The summed E-state index contributed by atoms with van der Waals surface area (Å²) in [7, 11) is 0. The molecular formula is C16H18N4O2. The highest BCUT2D eigenvalue weighted by molar-refractivity contribution is 5.94. The van der Waals surface area contributed by atoms with Crippen LogP contribution in [-0.4, -0.2) is 51.6 Å². The second-order valence-electron chi connectivity index (χ2n) is 5.20. The van der Waals surface area contributed by atoms with Crippen molar-refractivity contribution < 1.29 is 9.53 Å². The van der Waals surface area contributed by atoms with Crippen LogP contribution in [0.25, 0.3) is 0 Å². The molecule has 0 saturated carbocycles. The molecule has 3 heterocycles. The Balaban J connectivity index is 1.67. The number of hydrogen-bond acceptors (Lipinski definition) is 5. The highest BCUT2D eigenvalue weighted by Gasteiger charge is 2.27. The van der Waals surface area contributed by atoms with Crippen molar-refractivity contribution in [1.82, 2.24) is 19.9 Å². The van der Waals surface area contributed by atoms with Crippen molar-refractivity contribution in [2.24, 2.45) is 0 Å². The predicted octanol–water partition coefficient (Wildman–Crippen LogP) is 1.35. The van der Waals surface area contributed by atoms with Crippen LogP contribution in [0.4, 0.5) is 0 Å². The van der Waals surface area contributed by atoms with E-state index in [4.69, 9.17) is 4.74 Å². The lowest BCUT2D eigenvalue weighted by Gasteiger charge is -2.35. The minimum Gasteiger partial charge on any atom is -0.377 e. The molecule has 1 unspecified atom stereocenters. The van der Waals surface area contributed by atoms with Gasteiger partial charge in [0.1, 0.15) is 0 Å². The number of nitrogens with zero attached hydrogens (tertiary/aromatic N) is 4. The van der Waals surface area contributed by atoms with Gasteiger partial charge in [-0.2, -0.15) is 0 Å². The fourth-order valence-corrected chi connectivity index (χ4v) is 2.60. The third kappa shape index (κ3) is 3.46. The Morgan fingerprint density at radius 2 is 2.09 bits per heavy atom. The number of carbonyl (C=O) groups excluding carboxylic acids is 1. The molecule has 6 heteroatoms. The summed E-state index contributed by atoms with van der Waals surface area (Å²) in [6, 6.07) is 3.56. The second kappa shape index (κ2) is 7.09. The van der Waals surface area contributed by atoms with Gasteiger partial charge < -0.3 is 9.64 Å². The zero-order valence-corrected chi connectivity index (χ0v) is 12.3. The molecular weight excluding hydrogens is 280 g/mol. The number of amides is 1. The van der Waals surface area contributed by atoms with E-state index >= 15 is 0 Å². The molecule has 1 aliphatic heterocycles. The lowest BCUT2D eigenvalue weighted by molar-refractivity contribution is -0.00413. The molecule has 1 aliphatic rings. The van der Waals surface area contributed by atoms with Gasteiger partial charge >= 0.3 is 0 Å². The number of pyridine rings is 1. The summed E-state index contributed by atoms with van der Waals surface area (Å²) in [5.74, 6) is 0.0369. The third-order valence-electron chi connectivity index (χ3n) is 3.77. The van der Waals surface area contributed by atoms with Crippen LogP contribution in [0.5, 0.6) is 0 Å². The van der Waals surface area contributed by atoms with Crippen molar-refractivity contribution in [3.63, 3.8) is 0 Å². The van der Waals surface area contributed by atoms with Crippen molar-refractivity contribution in [3.05, 3.63) is 54.4 Å². The summed E-state index contributed by atoms with van der Waals surface area (Å²) in [6.45, 7) is 1.77. The summed E-state index contributed by atoms with van der Waals surface area (Å²) in [5, 5.41) is 0. The molecule has 0 spiro atoms. The zero-order chi connectivity index (χ0) is 15.2. The van der Waals surface area contributed by atoms with Crippen LogP contribution in [-0.2, 0) is 11.2 Å². The number of carbonyl (C=O) groups is 1. The van der Waals surface area contributed by atoms with Gasteiger partial charge in [0.25, 0.3) is 5.91 Å². The topological polar surface area (TPSA) is 68.2 Å². The molecule has 22 heavy (non-hydrogen) atoms. The lowest BCUT2D eigenvalue weighted by atomic mass is 10.1. The van der Waals surface area contributed by atoms with Crippen molar-refractivity contribution in [1.29, 1.82) is 0 Å². The number of aromatic nitrogens is 3. The third-order valence-corrected chi connectivity index (χ3v) is 3.77. The molecule has 1 atom stereocenters. The molecule has 1 saturated heterocycles. The minimum atomic E-state index is 0.0369. The SMILES string of the molecule is O=C(c1ccncc1)N1CCOCC1CCc1cnccn1. The standard InChI is InChI=1S/C16H18N4O2/c21-16(13-3-5-17-6-4-13)20-9-10-22-12-15(20)2-1-14-11-18-7-8-19-14/h3-8,11,15H,1-2,9-10,12H2. The van der Waals surface area contributed by atoms with Gasteiger partial charge in [-0.15, -0.1) is 0 Å². The van der Waals surface area contributed by atoms with E-state index in [-0.39, 0.29) is 11.9 Å². The van der Waals surface area contributed by atoms with Gasteiger partial charge in [-0.25, -0.2) is 0 Å². The molecule has 2 aromatic rings. The van der Waals surface area contributed by atoms with Crippen LogP contribution in [0.1, 0.15) is 22.5 Å². The Hall–Kier alpha value is -2.34. The molecule has 1 amide bonds. The smallest absolute Gasteiger partial charge is 0.254 e. The number of rotatable bonds is 4. The van der Waals surface area contributed by atoms with E-state index in [0.29, 0.717) is 25.3 Å². The molecule has 114 valence electrons. The first-order valence-corrected chi connectivity index (χ1v) is 7.38.